The molecule has 4 nitrogen and oxygen atoms in total. The van der Waals surface area contributed by atoms with Gasteiger partial charge >= 0.3 is 0 Å². The number of hydrogen-bond acceptors (Lipinski definition) is 4. The minimum atomic E-state index is 0.283. The highest BCUT2D eigenvalue weighted by atomic mass is 16.6. The molecule has 0 spiro atoms. The van der Waals surface area contributed by atoms with Gasteiger partial charge in [-0.3, -0.25) is 0 Å². The second kappa shape index (κ2) is 9.68. The van der Waals surface area contributed by atoms with Crippen molar-refractivity contribution in [3.8, 4) is 11.5 Å². The van der Waals surface area contributed by atoms with Crippen LogP contribution in [0.25, 0.3) is 0 Å². The summed E-state index contributed by atoms with van der Waals surface area (Å²) in [6.45, 7) is 7.50. The zero-order valence-corrected chi connectivity index (χ0v) is 19.2. The van der Waals surface area contributed by atoms with Gasteiger partial charge in [-0.2, -0.15) is 0 Å². The highest BCUT2D eigenvalue weighted by Crippen LogP contribution is 2.39. The van der Waals surface area contributed by atoms with Crippen LogP contribution in [0.1, 0.15) is 67.6 Å². The molecule has 5 rings (SSSR count). The lowest BCUT2D eigenvalue weighted by molar-refractivity contribution is 0.260. The van der Waals surface area contributed by atoms with E-state index in [0.717, 1.165) is 44.0 Å². The molecule has 32 heavy (non-hydrogen) atoms. The molecule has 5 atom stereocenters. The van der Waals surface area contributed by atoms with E-state index in [2.05, 4.69) is 68.5 Å². The fourth-order valence-corrected chi connectivity index (χ4v) is 4.42. The number of ether oxygens (including phenoxy) is 4. The summed E-state index contributed by atoms with van der Waals surface area (Å²) in [4.78, 5) is 0. The summed E-state index contributed by atoms with van der Waals surface area (Å²) in [5.41, 5.74) is 4.09. The van der Waals surface area contributed by atoms with E-state index in [1.54, 1.807) is 0 Å². The normalized spacial score (nSPS) is 27.1. The van der Waals surface area contributed by atoms with Gasteiger partial charge in [0.15, 0.2) is 0 Å². The maximum atomic E-state index is 6.08. The molecular weight excluding hydrogens is 400 g/mol. The van der Waals surface area contributed by atoms with Gasteiger partial charge in [-0.1, -0.05) is 50.3 Å². The third-order valence-electron chi connectivity index (χ3n) is 6.94. The van der Waals surface area contributed by atoms with Crippen LogP contribution in [-0.2, 0) is 9.47 Å². The van der Waals surface area contributed by atoms with E-state index in [9.17, 15) is 0 Å². The predicted octanol–water partition coefficient (Wildman–Crippen LogP) is 5.97. The minimum absolute atomic E-state index is 0.283. The predicted molar refractivity (Wildman–Crippen MR) is 126 cm³/mol. The largest absolute Gasteiger partial charge is 0.491 e. The monoisotopic (exact) mass is 434 g/mol. The number of benzene rings is 2. The summed E-state index contributed by atoms with van der Waals surface area (Å²) in [6.07, 6.45) is 8.79. The van der Waals surface area contributed by atoms with Gasteiger partial charge in [0.05, 0.1) is 13.2 Å². The van der Waals surface area contributed by atoms with E-state index >= 15 is 0 Å². The Hall–Kier alpha value is -2.30. The van der Waals surface area contributed by atoms with Crippen molar-refractivity contribution in [3.63, 3.8) is 0 Å². The lowest BCUT2D eigenvalue weighted by Gasteiger charge is -2.25. The Morgan fingerprint density at radius 1 is 0.844 bits per heavy atom. The Bertz CT molecular complexity index is 927. The highest BCUT2D eigenvalue weighted by Gasteiger charge is 2.25. The molecule has 170 valence electrons. The maximum Gasteiger partial charge on any atom is 0.122 e. The average Bonchev–Trinajstić information content (AvgIpc) is 3.77. The van der Waals surface area contributed by atoms with Crippen molar-refractivity contribution in [3.05, 3.63) is 71.3 Å². The summed E-state index contributed by atoms with van der Waals surface area (Å²) in [5, 5.41) is 0. The molecule has 2 saturated heterocycles. The van der Waals surface area contributed by atoms with Gasteiger partial charge in [0.25, 0.3) is 0 Å². The van der Waals surface area contributed by atoms with E-state index in [1.165, 1.54) is 16.7 Å². The molecule has 1 aliphatic carbocycles. The number of allylic oxidation sites excluding steroid dienone is 2. The summed E-state index contributed by atoms with van der Waals surface area (Å²) < 4.78 is 22.4. The molecule has 5 unspecified atom stereocenters. The van der Waals surface area contributed by atoms with Crippen molar-refractivity contribution >= 4 is 0 Å². The molecule has 2 fully saturated rings. The van der Waals surface area contributed by atoms with Crippen molar-refractivity contribution < 1.29 is 18.9 Å². The van der Waals surface area contributed by atoms with Gasteiger partial charge in [-0.05, 0) is 60.1 Å². The van der Waals surface area contributed by atoms with Gasteiger partial charge in [0.2, 0.25) is 0 Å². The van der Waals surface area contributed by atoms with Gasteiger partial charge in [-0.25, -0.2) is 0 Å². The number of epoxide rings is 2. The second-order valence-electron chi connectivity index (χ2n) is 9.38. The Morgan fingerprint density at radius 2 is 1.44 bits per heavy atom. The zero-order valence-electron chi connectivity index (χ0n) is 19.2. The zero-order chi connectivity index (χ0) is 21.9. The van der Waals surface area contributed by atoms with Gasteiger partial charge in [0, 0.05) is 11.8 Å². The first-order valence-corrected chi connectivity index (χ1v) is 12.1. The Morgan fingerprint density at radius 3 is 2.03 bits per heavy atom. The van der Waals surface area contributed by atoms with Crippen molar-refractivity contribution in [1.29, 1.82) is 0 Å². The maximum absolute atomic E-state index is 6.08. The Labute approximate surface area is 191 Å². The van der Waals surface area contributed by atoms with Crippen LogP contribution < -0.4 is 9.47 Å². The van der Waals surface area contributed by atoms with Crippen molar-refractivity contribution in [2.45, 2.75) is 63.1 Å². The molecule has 4 heteroatoms. The van der Waals surface area contributed by atoms with Crippen LogP contribution in [0, 0.1) is 0 Å². The quantitative estimate of drug-likeness (QED) is 0.341. The molecule has 0 radical (unpaired) electrons. The topological polar surface area (TPSA) is 43.5 Å². The Kier molecular flexibility index (Phi) is 6.52. The molecule has 2 aromatic carbocycles. The standard InChI is InChI=1S/C28H34O4/c1-3-19(2)27-14-23(10-13-28(27)32-18-26-17-31-26)22-6-4-20(5-7-22)21-8-11-24(12-9-21)29-15-25-16-30-25/h4,6,8-14,19-20,22,25-26H,3,5,7,15-18H2,1-2H3. The third kappa shape index (κ3) is 5.36. The van der Waals surface area contributed by atoms with Crippen molar-refractivity contribution in [1.82, 2.24) is 0 Å². The molecule has 0 amide bonds. The van der Waals surface area contributed by atoms with E-state index in [4.69, 9.17) is 18.9 Å². The van der Waals surface area contributed by atoms with Crippen LogP contribution in [-0.4, -0.2) is 38.6 Å². The molecule has 0 saturated carbocycles. The summed E-state index contributed by atoms with van der Waals surface area (Å²) >= 11 is 0. The average molecular weight is 435 g/mol. The Balaban J connectivity index is 1.24. The van der Waals surface area contributed by atoms with Crippen LogP contribution in [0.15, 0.2) is 54.6 Å². The smallest absolute Gasteiger partial charge is 0.122 e. The van der Waals surface area contributed by atoms with Crippen LogP contribution in [0.4, 0.5) is 0 Å². The lowest BCUT2D eigenvalue weighted by Crippen LogP contribution is -2.10. The van der Waals surface area contributed by atoms with Gasteiger partial charge in [0.1, 0.15) is 36.9 Å². The molecule has 3 aliphatic rings. The summed E-state index contributed by atoms with van der Waals surface area (Å²) in [7, 11) is 0. The van der Waals surface area contributed by atoms with E-state index < -0.39 is 0 Å². The van der Waals surface area contributed by atoms with Gasteiger partial charge in [-0.15, -0.1) is 0 Å². The fourth-order valence-electron chi connectivity index (χ4n) is 4.42. The first-order chi connectivity index (χ1) is 15.7. The van der Waals surface area contributed by atoms with Crippen molar-refractivity contribution in [2.24, 2.45) is 0 Å². The minimum Gasteiger partial charge on any atom is -0.491 e. The first kappa shape index (κ1) is 21.5. The van der Waals surface area contributed by atoms with Crippen LogP contribution in [0.2, 0.25) is 0 Å². The summed E-state index contributed by atoms with van der Waals surface area (Å²) in [6, 6.07) is 15.4. The fraction of sp³-hybridized carbons (Fsp3) is 0.500. The SMILES string of the molecule is CCC(C)c1cc(C2C=CC(c3ccc(OCC4CO4)cc3)CC2)ccc1OCC1CO1. The second-order valence-corrected chi connectivity index (χ2v) is 9.38. The van der Waals surface area contributed by atoms with Crippen molar-refractivity contribution in [2.75, 3.05) is 26.4 Å². The molecular formula is C28H34O4. The van der Waals surface area contributed by atoms with Gasteiger partial charge < -0.3 is 18.9 Å². The first-order valence-electron chi connectivity index (χ1n) is 12.1. The molecule has 2 heterocycles. The molecule has 0 bridgehead atoms. The number of rotatable bonds is 10. The highest BCUT2D eigenvalue weighted by molar-refractivity contribution is 5.43. The summed E-state index contributed by atoms with van der Waals surface area (Å²) in [5.74, 6) is 3.37. The van der Waals surface area contributed by atoms with E-state index in [-0.39, 0.29) is 6.10 Å². The van der Waals surface area contributed by atoms with E-state index in [0.29, 0.717) is 37.1 Å². The van der Waals surface area contributed by atoms with Crippen LogP contribution in [0.3, 0.4) is 0 Å². The number of hydrogen-bond donors (Lipinski definition) is 0. The molecule has 0 aromatic heterocycles. The molecule has 2 aliphatic heterocycles. The van der Waals surface area contributed by atoms with E-state index in [1.807, 2.05) is 0 Å². The van der Waals surface area contributed by atoms with Crippen LogP contribution >= 0.6 is 0 Å². The molecule has 2 aromatic rings. The molecule has 0 N–H and O–H groups in total. The lowest BCUT2D eigenvalue weighted by atomic mass is 9.80. The van der Waals surface area contributed by atoms with Crippen LogP contribution in [0.5, 0.6) is 11.5 Å². The third-order valence-corrected chi connectivity index (χ3v) is 6.94.